The Labute approximate surface area is 107 Å². The second-order valence-corrected chi connectivity index (χ2v) is 4.74. The Kier molecular flexibility index (Phi) is 3.87. The minimum Gasteiger partial charge on any atom is -0.491 e. The second kappa shape index (κ2) is 5.40. The lowest BCUT2D eigenvalue weighted by atomic mass is 10.1. The molecular formula is C14H18O4. The van der Waals surface area contributed by atoms with Crippen LogP contribution in [0, 0.1) is 6.92 Å². The van der Waals surface area contributed by atoms with Gasteiger partial charge in [-0.2, -0.15) is 0 Å². The van der Waals surface area contributed by atoms with E-state index in [1.807, 2.05) is 0 Å². The van der Waals surface area contributed by atoms with E-state index in [1.165, 1.54) is 0 Å². The highest BCUT2D eigenvalue weighted by Crippen LogP contribution is 2.22. The van der Waals surface area contributed by atoms with Crippen LogP contribution in [0.3, 0.4) is 0 Å². The maximum Gasteiger partial charge on any atom is 0.335 e. The second-order valence-electron chi connectivity index (χ2n) is 4.74. The van der Waals surface area contributed by atoms with Crippen LogP contribution in [0.1, 0.15) is 35.7 Å². The van der Waals surface area contributed by atoms with Crippen molar-refractivity contribution < 1.29 is 19.4 Å². The van der Waals surface area contributed by atoms with Crippen LogP contribution < -0.4 is 4.74 Å². The van der Waals surface area contributed by atoms with Crippen molar-refractivity contribution >= 4 is 5.97 Å². The van der Waals surface area contributed by atoms with Crippen molar-refractivity contribution in [3.05, 3.63) is 29.3 Å². The van der Waals surface area contributed by atoms with Crippen LogP contribution in [-0.2, 0) is 4.74 Å². The average Bonchev–Trinajstić information content (AvgIpc) is 2.72. The number of aromatic carboxylic acids is 1. The summed E-state index contributed by atoms with van der Waals surface area (Å²) in [5.74, 6) is -0.215. The SMILES string of the molecule is Cc1cc(OCC2CCC(C)O2)ccc1C(=O)O. The molecule has 1 aliphatic rings. The van der Waals surface area contributed by atoms with E-state index in [9.17, 15) is 4.79 Å². The molecule has 0 spiro atoms. The summed E-state index contributed by atoms with van der Waals surface area (Å²) in [4.78, 5) is 10.9. The molecule has 18 heavy (non-hydrogen) atoms. The Morgan fingerprint density at radius 3 is 2.83 bits per heavy atom. The highest BCUT2D eigenvalue weighted by atomic mass is 16.5. The van der Waals surface area contributed by atoms with Crippen molar-refractivity contribution in [2.45, 2.75) is 38.9 Å². The van der Waals surface area contributed by atoms with Crippen LogP contribution in [0.5, 0.6) is 5.75 Å². The van der Waals surface area contributed by atoms with Gasteiger partial charge in [-0.1, -0.05) is 0 Å². The molecule has 2 unspecified atom stereocenters. The summed E-state index contributed by atoms with van der Waals surface area (Å²) in [6, 6.07) is 5.02. The predicted molar refractivity (Wildman–Crippen MR) is 67.2 cm³/mol. The minimum atomic E-state index is -0.910. The smallest absolute Gasteiger partial charge is 0.335 e. The molecule has 0 aromatic heterocycles. The summed E-state index contributed by atoms with van der Waals surface area (Å²) in [5, 5.41) is 8.93. The number of carboxylic acid groups (broad SMARTS) is 1. The summed E-state index contributed by atoms with van der Waals surface area (Å²) in [6.07, 6.45) is 2.56. The van der Waals surface area contributed by atoms with Crippen LogP contribution in [0.2, 0.25) is 0 Å². The molecule has 0 aliphatic carbocycles. The van der Waals surface area contributed by atoms with Gasteiger partial charge in [-0.15, -0.1) is 0 Å². The van der Waals surface area contributed by atoms with Gasteiger partial charge in [0.25, 0.3) is 0 Å². The van der Waals surface area contributed by atoms with Gasteiger partial charge >= 0.3 is 5.97 Å². The molecule has 0 bridgehead atoms. The molecule has 0 radical (unpaired) electrons. The van der Waals surface area contributed by atoms with E-state index in [1.54, 1.807) is 25.1 Å². The first-order chi connectivity index (χ1) is 8.56. The van der Waals surface area contributed by atoms with Crippen molar-refractivity contribution in [3.8, 4) is 5.75 Å². The van der Waals surface area contributed by atoms with Crippen LogP contribution >= 0.6 is 0 Å². The van der Waals surface area contributed by atoms with Crippen molar-refractivity contribution in [2.75, 3.05) is 6.61 Å². The van der Waals surface area contributed by atoms with Crippen LogP contribution in [0.25, 0.3) is 0 Å². The topological polar surface area (TPSA) is 55.8 Å². The number of hydrogen-bond donors (Lipinski definition) is 1. The number of hydrogen-bond acceptors (Lipinski definition) is 3. The van der Waals surface area contributed by atoms with Gasteiger partial charge in [0.05, 0.1) is 17.8 Å². The number of aryl methyl sites for hydroxylation is 1. The van der Waals surface area contributed by atoms with Crippen molar-refractivity contribution in [3.63, 3.8) is 0 Å². The standard InChI is InChI=1S/C14H18O4/c1-9-7-11(5-6-13(9)14(15)16)17-8-12-4-3-10(2)18-12/h5-7,10,12H,3-4,8H2,1-2H3,(H,15,16). The van der Waals surface area contributed by atoms with E-state index in [0.717, 1.165) is 12.8 Å². The zero-order valence-electron chi connectivity index (χ0n) is 10.7. The first-order valence-corrected chi connectivity index (χ1v) is 6.18. The third-order valence-electron chi connectivity index (χ3n) is 3.18. The van der Waals surface area contributed by atoms with E-state index < -0.39 is 5.97 Å². The lowest BCUT2D eigenvalue weighted by Gasteiger charge is -2.13. The zero-order chi connectivity index (χ0) is 13.1. The Morgan fingerprint density at radius 2 is 2.28 bits per heavy atom. The summed E-state index contributed by atoms with van der Waals surface area (Å²) < 4.78 is 11.3. The molecule has 2 atom stereocenters. The van der Waals surface area contributed by atoms with Gasteiger partial charge < -0.3 is 14.6 Å². The fourth-order valence-electron chi connectivity index (χ4n) is 2.16. The third-order valence-corrected chi connectivity index (χ3v) is 3.18. The van der Waals surface area contributed by atoms with Gasteiger partial charge in [0.1, 0.15) is 12.4 Å². The van der Waals surface area contributed by atoms with Gasteiger partial charge in [0.15, 0.2) is 0 Å². The molecule has 1 aromatic carbocycles. The molecular weight excluding hydrogens is 232 g/mol. The Bertz CT molecular complexity index is 441. The van der Waals surface area contributed by atoms with Gasteiger partial charge in [-0.25, -0.2) is 4.79 Å². The molecule has 98 valence electrons. The molecule has 0 amide bonds. The van der Waals surface area contributed by atoms with Crippen molar-refractivity contribution in [2.24, 2.45) is 0 Å². The molecule has 2 rings (SSSR count). The summed E-state index contributed by atoms with van der Waals surface area (Å²) in [7, 11) is 0. The van der Waals surface area contributed by atoms with Gasteiger partial charge in [0, 0.05) is 0 Å². The molecule has 1 heterocycles. The molecule has 1 aliphatic heterocycles. The normalized spacial score (nSPS) is 23.0. The van der Waals surface area contributed by atoms with E-state index in [4.69, 9.17) is 14.6 Å². The maximum absolute atomic E-state index is 10.9. The lowest BCUT2D eigenvalue weighted by molar-refractivity contribution is 0.0264. The molecule has 0 saturated carbocycles. The fourth-order valence-corrected chi connectivity index (χ4v) is 2.16. The maximum atomic E-state index is 10.9. The fraction of sp³-hybridized carbons (Fsp3) is 0.500. The van der Waals surface area contributed by atoms with Crippen LogP contribution in [-0.4, -0.2) is 29.9 Å². The Balaban J connectivity index is 1.94. The molecule has 4 nitrogen and oxygen atoms in total. The number of carbonyl (C=O) groups is 1. The number of ether oxygens (including phenoxy) is 2. The molecule has 4 heteroatoms. The minimum absolute atomic E-state index is 0.152. The van der Waals surface area contributed by atoms with E-state index in [0.29, 0.717) is 29.6 Å². The highest BCUT2D eigenvalue weighted by molar-refractivity contribution is 5.89. The average molecular weight is 250 g/mol. The van der Waals surface area contributed by atoms with E-state index in [2.05, 4.69) is 6.92 Å². The van der Waals surface area contributed by atoms with Crippen molar-refractivity contribution in [1.29, 1.82) is 0 Å². The van der Waals surface area contributed by atoms with Crippen LogP contribution in [0.4, 0.5) is 0 Å². The Morgan fingerprint density at radius 1 is 1.50 bits per heavy atom. The van der Waals surface area contributed by atoms with E-state index in [-0.39, 0.29) is 6.10 Å². The summed E-state index contributed by atoms with van der Waals surface area (Å²) in [5.41, 5.74) is 1.02. The summed E-state index contributed by atoms with van der Waals surface area (Å²) >= 11 is 0. The van der Waals surface area contributed by atoms with Gasteiger partial charge in [0.2, 0.25) is 0 Å². The van der Waals surface area contributed by atoms with E-state index >= 15 is 0 Å². The molecule has 1 fully saturated rings. The third kappa shape index (κ3) is 3.01. The van der Waals surface area contributed by atoms with Crippen LogP contribution in [0.15, 0.2) is 18.2 Å². The first-order valence-electron chi connectivity index (χ1n) is 6.18. The molecule has 1 N–H and O–H groups in total. The van der Waals surface area contributed by atoms with Crippen molar-refractivity contribution in [1.82, 2.24) is 0 Å². The molecule has 1 saturated heterocycles. The quantitative estimate of drug-likeness (QED) is 0.892. The predicted octanol–water partition coefficient (Wildman–Crippen LogP) is 2.64. The largest absolute Gasteiger partial charge is 0.491 e. The molecule has 1 aromatic rings. The zero-order valence-corrected chi connectivity index (χ0v) is 10.7. The number of rotatable bonds is 4. The van der Waals surface area contributed by atoms with Gasteiger partial charge in [-0.3, -0.25) is 0 Å². The van der Waals surface area contributed by atoms with Gasteiger partial charge in [-0.05, 0) is 50.5 Å². The summed E-state index contributed by atoms with van der Waals surface area (Å²) in [6.45, 7) is 4.35. The Hall–Kier alpha value is -1.55. The number of carboxylic acids is 1. The first kappa shape index (κ1) is 12.9. The monoisotopic (exact) mass is 250 g/mol. The lowest BCUT2D eigenvalue weighted by Crippen LogP contribution is -2.18. The number of benzene rings is 1. The highest BCUT2D eigenvalue weighted by Gasteiger charge is 2.22.